The van der Waals surface area contributed by atoms with Crippen LogP contribution in [-0.2, 0) is 17.4 Å². The van der Waals surface area contributed by atoms with Gasteiger partial charge < -0.3 is 11.2 Å². The van der Waals surface area contributed by atoms with Gasteiger partial charge in [0.2, 0.25) is 11.1 Å². The number of nitrogens with one attached hydrogen (secondary N) is 1. The van der Waals surface area contributed by atoms with Crippen molar-refractivity contribution in [2.24, 2.45) is 0 Å². The van der Waals surface area contributed by atoms with E-state index in [1.54, 1.807) is 12.1 Å². The Kier molecular flexibility index (Phi) is 5.14. The van der Waals surface area contributed by atoms with E-state index in [2.05, 4.69) is 15.5 Å². The number of nitrogen functional groups attached to an aromatic ring is 1. The molecule has 0 bridgehead atoms. The molecule has 0 aliphatic rings. The number of thioether (sulfide) groups is 1. The zero-order chi connectivity index (χ0) is 17.0. The number of amides is 1. The van der Waals surface area contributed by atoms with Crippen LogP contribution in [0.25, 0.3) is 0 Å². The van der Waals surface area contributed by atoms with E-state index < -0.39 is 12.0 Å². The average Bonchev–Trinajstić information content (AvgIpc) is 2.87. The lowest BCUT2D eigenvalue weighted by Gasteiger charge is -2.07. The van der Waals surface area contributed by atoms with Crippen molar-refractivity contribution in [3.63, 3.8) is 0 Å². The van der Waals surface area contributed by atoms with Crippen molar-refractivity contribution < 1.29 is 18.0 Å². The number of carbonyl (C=O) groups is 1. The molecule has 0 radical (unpaired) electrons. The van der Waals surface area contributed by atoms with Gasteiger partial charge in [-0.15, -0.1) is 10.2 Å². The van der Waals surface area contributed by atoms with Crippen molar-refractivity contribution in [1.29, 1.82) is 0 Å². The summed E-state index contributed by atoms with van der Waals surface area (Å²) in [4.78, 5) is 11.8. The van der Waals surface area contributed by atoms with Gasteiger partial charge in [0.1, 0.15) is 0 Å². The van der Waals surface area contributed by atoms with E-state index in [4.69, 9.17) is 5.84 Å². The number of hydrogen-bond acceptors (Lipinski definition) is 5. The molecule has 0 atom stereocenters. The van der Waals surface area contributed by atoms with Gasteiger partial charge in [-0.25, -0.2) is 4.68 Å². The fraction of sp³-hybridized carbons (Fsp3) is 0.308. The standard InChI is InChI=1S/C13H14F3N5OS/c1-2-8-3-5-9(6-4-8)18-10(22)7-23-12-20-19-11(21(12)17)13(14,15)16/h3-6H,2,7,17H2,1H3,(H,18,22). The topological polar surface area (TPSA) is 85.8 Å². The third-order valence-corrected chi connectivity index (χ3v) is 3.84. The van der Waals surface area contributed by atoms with Gasteiger partial charge in [0.05, 0.1) is 5.75 Å². The molecule has 3 N–H and O–H groups in total. The SMILES string of the molecule is CCc1ccc(NC(=O)CSc2nnc(C(F)(F)F)n2N)cc1. The maximum Gasteiger partial charge on any atom is 0.453 e. The lowest BCUT2D eigenvalue weighted by molar-refractivity contribution is -0.146. The maximum atomic E-state index is 12.5. The first-order valence-electron chi connectivity index (χ1n) is 6.60. The molecule has 1 aromatic carbocycles. The Labute approximate surface area is 134 Å². The van der Waals surface area contributed by atoms with E-state index in [9.17, 15) is 18.0 Å². The van der Waals surface area contributed by atoms with Gasteiger partial charge in [0.25, 0.3) is 5.82 Å². The summed E-state index contributed by atoms with van der Waals surface area (Å²) in [6, 6.07) is 7.28. The Bertz CT molecular complexity index is 684. The van der Waals surface area contributed by atoms with Crippen molar-refractivity contribution in [3.8, 4) is 0 Å². The summed E-state index contributed by atoms with van der Waals surface area (Å²) in [5.74, 6) is 3.45. The summed E-state index contributed by atoms with van der Waals surface area (Å²) in [5.41, 5.74) is 1.74. The van der Waals surface area contributed by atoms with E-state index >= 15 is 0 Å². The third-order valence-electron chi connectivity index (χ3n) is 2.90. The van der Waals surface area contributed by atoms with Crippen LogP contribution in [0.15, 0.2) is 29.4 Å². The lowest BCUT2D eigenvalue weighted by atomic mass is 10.1. The number of hydrogen-bond donors (Lipinski definition) is 2. The molecule has 1 heterocycles. The van der Waals surface area contributed by atoms with Crippen LogP contribution in [0, 0.1) is 0 Å². The molecule has 0 aliphatic carbocycles. The second-order valence-electron chi connectivity index (χ2n) is 4.56. The van der Waals surface area contributed by atoms with Crippen LogP contribution < -0.4 is 11.2 Å². The van der Waals surface area contributed by atoms with Crippen LogP contribution in [0.5, 0.6) is 0 Å². The number of carbonyl (C=O) groups excluding carboxylic acids is 1. The molecule has 0 unspecified atom stereocenters. The first-order chi connectivity index (χ1) is 10.8. The van der Waals surface area contributed by atoms with Crippen molar-refractivity contribution in [3.05, 3.63) is 35.7 Å². The first kappa shape index (κ1) is 17.1. The Morgan fingerprint density at radius 3 is 2.48 bits per heavy atom. The second kappa shape index (κ2) is 6.90. The average molecular weight is 345 g/mol. The fourth-order valence-electron chi connectivity index (χ4n) is 1.72. The predicted octanol–water partition coefficient (Wildman–Crippen LogP) is 2.30. The molecular formula is C13H14F3N5OS. The highest BCUT2D eigenvalue weighted by molar-refractivity contribution is 7.99. The van der Waals surface area contributed by atoms with Gasteiger partial charge in [-0.2, -0.15) is 13.2 Å². The van der Waals surface area contributed by atoms with Gasteiger partial charge in [-0.3, -0.25) is 4.79 Å². The minimum Gasteiger partial charge on any atom is -0.335 e. The summed E-state index contributed by atoms with van der Waals surface area (Å²) in [5, 5.41) is 8.77. The quantitative estimate of drug-likeness (QED) is 0.641. The molecule has 0 saturated heterocycles. The molecular weight excluding hydrogens is 331 g/mol. The molecule has 0 saturated carbocycles. The maximum absolute atomic E-state index is 12.5. The fourth-order valence-corrected chi connectivity index (χ4v) is 2.38. The van der Waals surface area contributed by atoms with Crippen molar-refractivity contribution >= 4 is 23.4 Å². The van der Waals surface area contributed by atoms with Crippen molar-refractivity contribution in [1.82, 2.24) is 14.9 Å². The number of anilines is 1. The zero-order valence-corrected chi connectivity index (χ0v) is 12.9. The minimum atomic E-state index is -4.69. The van der Waals surface area contributed by atoms with E-state index in [0.29, 0.717) is 10.4 Å². The molecule has 10 heteroatoms. The number of rotatable bonds is 5. The molecule has 0 fully saturated rings. The van der Waals surface area contributed by atoms with Crippen molar-refractivity contribution in [2.75, 3.05) is 16.9 Å². The molecule has 1 amide bonds. The van der Waals surface area contributed by atoms with Crippen LogP contribution in [0.3, 0.4) is 0 Å². The first-order valence-corrected chi connectivity index (χ1v) is 7.59. The van der Waals surface area contributed by atoms with Gasteiger partial charge >= 0.3 is 6.18 Å². The van der Waals surface area contributed by atoms with Crippen LogP contribution >= 0.6 is 11.8 Å². The number of aryl methyl sites for hydroxylation is 1. The lowest BCUT2D eigenvalue weighted by Crippen LogP contribution is -2.22. The van der Waals surface area contributed by atoms with Gasteiger partial charge in [-0.1, -0.05) is 30.8 Å². The summed E-state index contributed by atoms with van der Waals surface area (Å²) in [6.45, 7) is 2.02. The molecule has 124 valence electrons. The van der Waals surface area contributed by atoms with Crippen LogP contribution in [0.2, 0.25) is 0 Å². The van der Waals surface area contributed by atoms with Crippen LogP contribution in [0.4, 0.5) is 18.9 Å². The Morgan fingerprint density at radius 2 is 1.96 bits per heavy atom. The Morgan fingerprint density at radius 1 is 1.30 bits per heavy atom. The summed E-state index contributed by atoms with van der Waals surface area (Å²) >= 11 is 0.771. The second-order valence-corrected chi connectivity index (χ2v) is 5.50. The molecule has 2 aromatic rings. The Balaban J connectivity index is 1.93. The largest absolute Gasteiger partial charge is 0.453 e. The summed E-state index contributed by atoms with van der Waals surface area (Å²) in [6.07, 6.45) is -3.80. The molecule has 2 rings (SSSR count). The summed E-state index contributed by atoms with van der Waals surface area (Å²) in [7, 11) is 0. The zero-order valence-electron chi connectivity index (χ0n) is 12.1. The predicted molar refractivity (Wildman–Crippen MR) is 80.3 cm³/mol. The van der Waals surface area contributed by atoms with Crippen LogP contribution in [0.1, 0.15) is 18.3 Å². The number of benzene rings is 1. The van der Waals surface area contributed by atoms with E-state index in [-0.39, 0.29) is 16.8 Å². The third kappa shape index (κ3) is 4.38. The summed E-state index contributed by atoms with van der Waals surface area (Å²) < 4.78 is 37.9. The highest BCUT2D eigenvalue weighted by atomic mass is 32.2. The highest BCUT2D eigenvalue weighted by Crippen LogP contribution is 2.28. The normalized spacial score (nSPS) is 11.5. The van der Waals surface area contributed by atoms with Gasteiger partial charge in [0, 0.05) is 5.69 Å². The monoisotopic (exact) mass is 345 g/mol. The smallest absolute Gasteiger partial charge is 0.335 e. The number of alkyl halides is 3. The van der Waals surface area contributed by atoms with Gasteiger partial charge in [0.15, 0.2) is 0 Å². The van der Waals surface area contributed by atoms with Crippen molar-refractivity contribution in [2.45, 2.75) is 24.7 Å². The van der Waals surface area contributed by atoms with E-state index in [1.165, 1.54) is 0 Å². The molecule has 0 aliphatic heterocycles. The number of nitrogens with zero attached hydrogens (tertiary/aromatic N) is 3. The van der Waals surface area contributed by atoms with Gasteiger partial charge in [-0.05, 0) is 24.1 Å². The van der Waals surface area contributed by atoms with E-state index in [0.717, 1.165) is 23.7 Å². The number of aromatic nitrogens is 3. The molecule has 6 nitrogen and oxygen atoms in total. The minimum absolute atomic E-state index is 0.136. The number of halogens is 3. The Hall–Kier alpha value is -2.23. The molecule has 0 spiro atoms. The van der Waals surface area contributed by atoms with Crippen LogP contribution in [-0.4, -0.2) is 26.5 Å². The number of nitrogens with two attached hydrogens (primary N) is 1. The van der Waals surface area contributed by atoms with E-state index in [1.807, 2.05) is 19.1 Å². The molecule has 23 heavy (non-hydrogen) atoms. The highest BCUT2D eigenvalue weighted by Gasteiger charge is 2.38. The molecule has 1 aromatic heterocycles.